The molecule has 5 aromatic rings. The van der Waals surface area contributed by atoms with Crippen LogP contribution in [0.15, 0.2) is 82.2 Å². The van der Waals surface area contributed by atoms with E-state index in [0.29, 0.717) is 54.6 Å². The summed E-state index contributed by atoms with van der Waals surface area (Å²) in [4.78, 5) is 34.3. The van der Waals surface area contributed by atoms with Crippen molar-refractivity contribution in [1.82, 2.24) is 19.6 Å². The normalized spacial score (nSPS) is 14.6. The maximum atomic E-state index is 15.7. The van der Waals surface area contributed by atoms with E-state index >= 15 is 4.39 Å². The van der Waals surface area contributed by atoms with Gasteiger partial charge >= 0.3 is 0 Å². The van der Waals surface area contributed by atoms with Gasteiger partial charge in [-0.15, -0.1) is 0 Å². The number of carbonyl (C=O) groups excluding carboxylic acids is 1. The molecule has 1 unspecified atom stereocenters. The van der Waals surface area contributed by atoms with Crippen molar-refractivity contribution in [2.24, 2.45) is 5.73 Å². The standard InChI is InChI=1S/C34H34ClFN6O3/c1-40-14-16-41(17-15-40)30-19-29-26(18-28(30)36)32(44)27(21-42(29)20-22-10-12-24(35)13-11-22)33-38-34(45-39-33)25(8-5-9-31(37)43)23-6-3-2-4-7-23/h2-4,6-7,10-13,18-19,21,25H,5,8-9,14-17,20H2,1H3,(H2,37,43). The van der Waals surface area contributed by atoms with Crippen LogP contribution in [0.5, 0.6) is 0 Å². The molecule has 232 valence electrons. The van der Waals surface area contributed by atoms with E-state index in [1.165, 1.54) is 6.07 Å². The third-order valence-electron chi connectivity index (χ3n) is 8.36. The Kier molecular flexibility index (Phi) is 8.95. The van der Waals surface area contributed by atoms with Crippen LogP contribution in [0, 0.1) is 5.82 Å². The predicted octanol–water partition coefficient (Wildman–Crippen LogP) is 5.43. The Labute approximate surface area is 265 Å². The zero-order valence-corrected chi connectivity index (χ0v) is 25.7. The molecular weight excluding hydrogens is 595 g/mol. The zero-order valence-electron chi connectivity index (χ0n) is 25.0. The zero-order chi connectivity index (χ0) is 31.5. The molecule has 0 bridgehead atoms. The molecule has 2 N–H and O–H groups in total. The van der Waals surface area contributed by atoms with Crippen molar-refractivity contribution >= 4 is 34.1 Å². The van der Waals surface area contributed by atoms with Crippen LogP contribution < -0.4 is 16.1 Å². The van der Waals surface area contributed by atoms with Gasteiger partial charge in [-0.1, -0.05) is 59.2 Å². The fourth-order valence-corrected chi connectivity index (χ4v) is 5.98. The number of pyridine rings is 1. The highest BCUT2D eigenvalue weighted by Crippen LogP contribution is 2.31. The monoisotopic (exact) mass is 628 g/mol. The summed E-state index contributed by atoms with van der Waals surface area (Å²) in [6.07, 6.45) is 3.02. The fourth-order valence-electron chi connectivity index (χ4n) is 5.85. The van der Waals surface area contributed by atoms with Crippen molar-refractivity contribution in [3.8, 4) is 11.4 Å². The van der Waals surface area contributed by atoms with Crippen molar-refractivity contribution in [3.05, 3.63) is 111 Å². The van der Waals surface area contributed by atoms with Gasteiger partial charge in [-0.3, -0.25) is 9.59 Å². The molecule has 1 fully saturated rings. The summed E-state index contributed by atoms with van der Waals surface area (Å²) in [6, 6.07) is 20.2. The largest absolute Gasteiger partial charge is 0.370 e. The summed E-state index contributed by atoms with van der Waals surface area (Å²) in [5, 5.41) is 5.05. The molecule has 1 atom stereocenters. The lowest BCUT2D eigenvalue weighted by Gasteiger charge is -2.34. The summed E-state index contributed by atoms with van der Waals surface area (Å²) in [5.41, 5.74) is 8.15. The van der Waals surface area contributed by atoms with Crippen molar-refractivity contribution in [2.45, 2.75) is 31.7 Å². The number of rotatable bonds is 10. The molecule has 1 saturated heterocycles. The Morgan fingerprint density at radius 1 is 1.07 bits per heavy atom. The first kappa shape index (κ1) is 30.5. The summed E-state index contributed by atoms with van der Waals surface area (Å²) in [7, 11) is 2.05. The third-order valence-corrected chi connectivity index (χ3v) is 8.61. The summed E-state index contributed by atoms with van der Waals surface area (Å²) in [6.45, 7) is 3.42. The summed E-state index contributed by atoms with van der Waals surface area (Å²) in [5.74, 6) is -0.700. The fraction of sp³-hybridized carbons (Fsp3) is 0.294. The minimum absolute atomic E-state index is 0.112. The van der Waals surface area contributed by atoms with Crippen LogP contribution >= 0.6 is 11.6 Å². The second-order valence-corrected chi connectivity index (χ2v) is 12.0. The number of nitrogens with zero attached hydrogens (tertiary/aromatic N) is 5. The van der Waals surface area contributed by atoms with E-state index in [9.17, 15) is 9.59 Å². The Hall–Kier alpha value is -4.54. The van der Waals surface area contributed by atoms with E-state index in [4.69, 9.17) is 21.9 Å². The number of likely N-dealkylation sites (N-methyl/N-ethyl adjacent to an activating group) is 1. The molecule has 3 heterocycles. The number of halogens is 2. The maximum Gasteiger partial charge on any atom is 0.234 e. The van der Waals surface area contributed by atoms with Gasteiger partial charge in [0.1, 0.15) is 5.82 Å². The van der Waals surface area contributed by atoms with Crippen LogP contribution in [0.4, 0.5) is 10.1 Å². The topological polar surface area (TPSA) is 110 Å². The van der Waals surface area contributed by atoms with Gasteiger partial charge < -0.3 is 24.6 Å². The number of anilines is 1. The first-order valence-electron chi connectivity index (χ1n) is 15.0. The molecule has 1 aliphatic heterocycles. The molecule has 6 rings (SSSR count). The van der Waals surface area contributed by atoms with E-state index in [0.717, 1.165) is 24.2 Å². The van der Waals surface area contributed by atoms with Gasteiger partial charge in [-0.25, -0.2) is 4.39 Å². The Morgan fingerprint density at radius 3 is 2.51 bits per heavy atom. The molecule has 9 nitrogen and oxygen atoms in total. The van der Waals surface area contributed by atoms with E-state index in [1.54, 1.807) is 12.3 Å². The Bertz CT molecular complexity index is 1870. The lowest BCUT2D eigenvalue weighted by molar-refractivity contribution is -0.118. The number of benzene rings is 3. The SMILES string of the molecule is CN1CCN(c2cc3c(cc2F)c(=O)c(-c2noc(C(CCCC(N)=O)c4ccccc4)n2)cn3Cc2ccc(Cl)cc2)CC1. The number of amides is 1. The van der Waals surface area contributed by atoms with Gasteiger partial charge in [0.05, 0.1) is 22.7 Å². The molecule has 0 radical (unpaired) electrons. The van der Waals surface area contributed by atoms with Gasteiger partial charge in [0.2, 0.25) is 23.1 Å². The van der Waals surface area contributed by atoms with Crippen LogP contribution in [0.2, 0.25) is 5.02 Å². The first-order chi connectivity index (χ1) is 21.8. The smallest absolute Gasteiger partial charge is 0.234 e. The molecule has 0 spiro atoms. The second-order valence-electron chi connectivity index (χ2n) is 11.5. The van der Waals surface area contributed by atoms with Crippen LogP contribution in [-0.2, 0) is 11.3 Å². The van der Waals surface area contributed by atoms with Gasteiger partial charge in [0, 0.05) is 55.8 Å². The number of aromatic nitrogens is 3. The lowest BCUT2D eigenvalue weighted by atomic mass is 9.93. The van der Waals surface area contributed by atoms with Crippen molar-refractivity contribution in [3.63, 3.8) is 0 Å². The van der Waals surface area contributed by atoms with Crippen LogP contribution in [0.1, 0.15) is 42.2 Å². The molecule has 0 saturated carbocycles. The highest BCUT2D eigenvalue weighted by atomic mass is 35.5. The van der Waals surface area contributed by atoms with Crippen molar-refractivity contribution < 1.29 is 13.7 Å². The molecule has 1 amide bonds. The van der Waals surface area contributed by atoms with E-state index in [2.05, 4.69) is 15.0 Å². The highest BCUT2D eigenvalue weighted by Gasteiger charge is 2.25. The number of fused-ring (bicyclic) bond motifs is 1. The van der Waals surface area contributed by atoms with Gasteiger partial charge in [-0.2, -0.15) is 4.98 Å². The minimum atomic E-state index is -0.452. The summed E-state index contributed by atoms with van der Waals surface area (Å²) >= 11 is 6.14. The molecule has 11 heteroatoms. The Balaban J connectivity index is 1.44. The van der Waals surface area contributed by atoms with Gasteiger partial charge in [0.15, 0.2) is 0 Å². The number of primary amides is 1. The predicted molar refractivity (Wildman–Crippen MR) is 173 cm³/mol. The average molecular weight is 629 g/mol. The second kappa shape index (κ2) is 13.2. The van der Waals surface area contributed by atoms with Crippen LogP contribution in [-0.4, -0.2) is 58.7 Å². The van der Waals surface area contributed by atoms with E-state index in [1.807, 2.05) is 71.1 Å². The molecule has 2 aromatic heterocycles. The van der Waals surface area contributed by atoms with Crippen LogP contribution in [0.3, 0.4) is 0 Å². The third kappa shape index (κ3) is 6.77. The number of hydrogen-bond acceptors (Lipinski definition) is 7. The highest BCUT2D eigenvalue weighted by molar-refractivity contribution is 6.30. The quantitative estimate of drug-likeness (QED) is 0.220. The number of carbonyl (C=O) groups is 1. The van der Waals surface area contributed by atoms with Gasteiger partial charge in [0.25, 0.3) is 0 Å². The number of hydrogen-bond donors (Lipinski definition) is 1. The molecular formula is C34H34ClFN6O3. The van der Waals surface area contributed by atoms with E-state index in [-0.39, 0.29) is 35.0 Å². The van der Waals surface area contributed by atoms with Crippen molar-refractivity contribution in [2.75, 3.05) is 38.1 Å². The molecule has 45 heavy (non-hydrogen) atoms. The molecule has 0 aliphatic carbocycles. The number of piperazine rings is 1. The summed E-state index contributed by atoms with van der Waals surface area (Å²) < 4.78 is 23.4. The molecule has 1 aliphatic rings. The minimum Gasteiger partial charge on any atom is -0.370 e. The lowest BCUT2D eigenvalue weighted by Crippen LogP contribution is -2.44. The Morgan fingerprint density at radius 2 is 1.80 bits per heavy atom. The van der Waals surface area contributed by atoms with E-state index < -0.39 is 11.2 Å². The first-order valence-corrected chi connectivity index (χ1v) is 15.4. The number of nitrogens with two attached hydrogens (primary N) is 1. The molecule has 3 aromatic carbocycles. The maximum absolute atomic E-state index is 15.7. The average Bonchev–Trinajstić information content (AvgIpc) is 3.52. The van der Waals surface area contributed by atoms with Gasteiger partial charge in [-0.05, 0) is 55.3 Å². The van der Waals surface area contributed by atoms with Crippen LogP contribution in [0.25, 0.3) is 22.3 Å². The van der Waals surface area contributed by atoms with Crippen molar-refractivity contribution in [1.29, 1.82) is 0 Å².